The molecule has 0 unspecified atom stereocenters. The highest BCUT2D eigenvalue weighted by molar-refractivity contribution is 7.89. The summed E-state index contributed by atoms with van der Waals surface area (Å²) in [6.45, 7) is 0.926. The van der Waals surface area contributed by atoms with Gasteiger partial charge < -0.3 is 9.73 Å². The molecule has 7 heteroatoms. The second kappa shape index (κ2) is 6.65. The van der Waals surface area contributed by atoms with E-state index < -0.39 is 10.0 Å². The van der Waals surface area contributed by atoms with Gasteiger partial charge in [-0.2, -0.15) is 0 Å². The van der Waals surface area contributed by atoms with Crippen molar-refractivity contribution in [1.29, 1.82) is 0 Å². The highest BCUT2D eigenvalue weighted by Gasteiger charge is 2.14. The zero-order valence-electron chi connectivity index (χ0n) is 11.2. The minimum Gasteiger partial charge on any atom is -0.469 e. The van der Waals surface area contributed by atoms with Crippen molar-refractivity contribution in [3.63, 3.8) is 0 Å². The van der Waals surface area contributed by atoms with E-state index in [1.54, 1.807) is 30.7 Å². The number of pyridine rings is 1. The van der Waals surface area contributed by atoms with Crippen molar-refractivity contribution < 1.29 is 12.8 Å². The lowest BCUT2D eigenvalue weighted by Gasteiger charge is -2.06. The molecule has 0 saturated carbocycles. The Kier molecular flexibility index (Phi) is 4.89. The minimum atomic E-state index is -3.57. The predicted molar refractivity (Wildman–Crippen MR) is 74.6 cm³/mol. The summed E-state index contributed by atoms with van der Waals surface area (Å²) in [5.74, 6) is 0.741. The molecule has 6 nitrogen and oxygen atoms in total. The molecule has 0 bridgehead atoms. The SMILES string of the molecule is CNCc1ccc(S(=O)(=O)NCCc2ccco2)nc1. The van der Waals surface area contributed by atoms with Crippen LogP contribution >= 0.6 is 0 Å². The average Bonchev–Trinajstić information content (AvgIpc) is 2.93. The largest absolute Gasteiger partial charge is 0.469 e. The summed E-state index contributed by atoms with van der Waals surface area (Å²) in [6, 6.07) is 6.82. The number of nitrogens with one attached hydrogen (secondary N) is 2. The Hall–Kier alpha value is -1.70. The smallest absolute Gasteiger partial charge is 0.258 e. The Balaban J connectivity index is 1.95. The van der Waals surface area contributed by atoms with Crippen molar-refractivity contribution in [2.45, 2.75) is 18.0 Å². The van der Waals surface area contributed by atoms with Gasteiger partial charge in [-0.3, -0.25) is 0 Å². The van der Waals surface area contributed by atoms with E-state index in [4.69, 9.17) is 4.42 Å². The molecule has 0 amide bonds. The second-order valence-corrected chi connectivity index (χ2v) is 5.98. The Morgan fingerprint density at radius 2 is 2.15 bits per heavy atom. The molecule has 0 fully saturated rings. The van der Waals surface area contributed by atoms with Crippen LogP contribution in [0.25, 0.3) is 0 Å². The van der Waals surface area contributed by atoms with Gasteiger partial charge in [0.1, 0.15) is 5.76 Å². The van der Waals surface area contributed by atoms with Crippen LogP contribution in [-0.4, -0.2) is 27.0 Å². The fourth-order valence-electron chi connectivity index (χ4n) is 1.72. The molecule has 0 saturated heterocycles. The Bertz CT molecular complexity index is 621. The molecular formula is C13H17N3O3S. The van der Waals surface area contributed by atoms with E-state index in [1.165, 1.54) is 6.07 Å². The van der Waals surface area contributed by atoms with Crippen molar-refractivity contribution in [3.8, 4) is 0 Å². The summed E-state index contributed by atoms with van der Waals surface area (Å²) >= 11 is 0. The normalized spacial score (nSPS) is 11.7. The number of hydrogen-bond acceptors (Lipinski definition) is 5. The van der Waals surface area contributed by atoms with Crippen LogP contribution < -0.4 is 10.0 Å². The molecule has 108 valence electrons. The van der Waals surface area contributed by atoms with E-state index in [0.29, 0.717) is 13.0 Å². The third kappa shape index (κ3) is 3.89. The molecule has 0 radical (unpaired) electrons. The van der Waals surface area contributed by atoms with E-state index in [1.807, 2.05) is 7.05 Å². The lowest BCUT2D eigenvalue weighted by molar-refractivity contribution is 0.505. The summed E-state index contributed by atoms with van der Waals surface area (Å²) < 4.78 is 31.7. The summed E-state index contributed by atoms with van der Waals surface area (Å²) in [5.41, 5.74) is 0.932. The van der Waals surface area contributed by atoms with Crippen LogP contribution in [0.3, 0.4) is 0 Å². The fraction of sp³-hybridized carbons (Fsp3) is 0.308. The first-order valence-corrected chi connectivity index (χ1v) is 7.72. The van der Waals surface area contributed by atoms with Gasteiger partial charge in [0.05, 0.1) is 6.26 Å². The molecular weight excluding hydrogens is 278 g/mol. The molecule has 2 rings (SSSR count). The molecule has 2 heterocycles. The van der Waals surface area contributed by atoms with Gasteiger partial charge in [0.2, 0.25) is 0 Å². The van der Waals surface area contributed by atoms with Crippen molar-refractivity contribution in [1.82, 2.24) is 15.0 Å². The lowest BCUT2D eigenvalue weighted by Crippen LogP contribution is -2.26. The van der Waals surface area contributed by atoms with Gasteiger partial charge in [0.25, 0.3) is 10.0 Å². The average molecular weight is 295 g/mol. The highest BCUT2D eigenvalue weighted by Crippen LogP contribution is 2.07. The molecule has 2 aromatic rings. The molecule has 0 aliphatic heterocycles. The van der Waals surface area contributed by atoms with Crippen molar-refractivity contribution in [2.24, 2.45) is 0 Å². The minimum absolute atomic E-state index is 0.0248. The number of aromatic nitrogens is 1. The van der Waals surface area contributed by atoms with Crippen LogP contribution in [0, 0.1) is 0 Å². The van der Waals surface area contributed by atoms with Crippen LogP contribution in [0.1, 0.15) is 11.3 Å². The third-order valence-electron chi connectivity index (χ3n) is 2.70. The quantitative estimate of drug-likeness (QED) is 0.793. The standard InChI is InChI=1S/C13H17N3O3S/c1-14-9-11-4-5-13(15-10-11)20(17,18)16-7-6-12-3-2-8-19-12/h2-5,8,10,14,16H,6-7,9H2,1H3. The van der Waals surface area contributed by atoms with Crippen LogP contribution in [0.15, 0.2) is 46.2 Å². The predicted octanol–water partition coefficient (Wildman–Crippen LogP) is 0.915. The van der Waals surface area contributed by atoms with E-state index in [-0.39, 0.29) is 11.6 Å². The third-order valence-corrected chi connectivity index (χ3v) is 4.07. The first kappa shape index (κ1) is 14.7. The van der Waals surface area contributed by atoms with Gasteiger partial charge in [-0.05, 0) is 30.8 Å². The monoisotopic (exact) mass is 295 g/mol. The molecule has 2 aromatic heterocycles. The first-order valence-electron chi connectivity index (χ1n) is 6.23. The van der Waals surface area contributed by atoms with E-state index >= 15 is 0 Å². The van der Waals surface area contributed by atoms with Crippen molar-refractivity contribution >= 4 is 10.0 Å². The van der Waals surface area contributed by atoms with E-state index in [9.17, 15) is 8.42 Å². The van der Waals surface area contributed by atoms with Crippen LogP contribution in [0.2, 0.25) is 0 Å². The Morgan fingerprint density at radius 1 is 1.30 bits per heavy atom. The molecule has 2 N–H and O–H groups in total. The summed E-state index contributed by atoms with van der Waals surface area (Å²) in [6.07, 6.45) is 3.62. The van der Waals surface area contributed by atoms with Crippen LogP contribution in [-0.2, 0) is 23.0 Å². The van der Waals surface area contributed by atoms with Crippen LogP contribution in [0.5, 0.6) is 0 Å². The highest BCUT2D eigenvalue weighted by atomic mass is 32.2. The number of hydrogen-bond donors (Lipinski definition) is 2. The first-order chi connectivity index (χ1) is 9.62. The van der Waals surface area contributed by atoms with Gasteiger partial charge in [-0.1, -0.05) is 6.07 Å². The summed E-state index contributed by atoms with van der Waals surface area (Å²) in [5, 5.41) is 3.00. The Morgan fingerprint density at radius 3 is 2.75 bits per heavy atom. The molecule has 0 atom stereocenters. The lowest BCUT2D eigenvalue weighted by atomic mass is 10.3. The summed E-state index contributed by atoms with van der Waals surface area (Å²) in [7, 11) is -1.75. The molecule has 0 aromatic carbocycles. The fourth-order valence-corrected chi connectivity index (χ4v) is 2.67. The Labute approximate surface area is 118 Å². The maximum atomic E-state index is 12.0. The number of furan rings is 1. The van der Waals surface area contributed by atoms with Gasteiger partial charge >= 0.3 is 0 Å². The van der Waals surface area contributed by atoms with Gasteiger partial charge in [0.15, 0.2) is 5.03 Å². The van der Waals surface area contributed by atoms with Crippen LogP contribution in [0.4, 0.5) is 0 Å². The topological polar surface area (TPSA) is 84.2 Å². The van der Waals surface area contributed by atoms with Crippen molar-refractivity contribution in [2.75, 3.05) is 13.6 Å². The zero-order chi connectivity index (χ0) is 14.4. The number of rotatable bonds is 7. The molecule has 0 spiro atoms. The van der Waals surface area contributed by atoms with Gasteiger partial charge in [-0.25, -0.2) is 18.1 Å². The molecule has 0 aliphatic rings. The maximum Gasteiger partial charge on any atom is 0.258 e. The van der Waals surface area contributed by atoms with Gasteiger partial charge in [0, 0.05) is 25.7 Å². The van der Waals surface area contributed by atoms with Gasteiger partial charge in [-0.15, -0.1) is 0 Å². The molecule has 20 heavy (non-hydrogen) atoms. The summed E-state index contributed by atoms with van der Waals surface area (Å²) in [4.78, 5) is 3.97. The van der Waals surface area contributed by atoms with E-state index in [2.05, 4.69) is 15.0 Å². The van der Waals surface area contributed by atoms with Crippen molar-refractivity contribution in [3.05, 3.63) is 48.0 Å². The van der Waals surface area contributed by atoms with E-state index in [0.717, 1.165) is 11.3 Å². The maximum absolute atomic E-state index is 12.0. The number of sulfonamides is 1. The zero-order valence-corrected chi connectivity index (χ0v) is 12.0. The second-order valence-electron chi connectivity index (χ2n) is 4.26. The molecule has 0 aliphatic carbocycles. The number of nitrogens with zero attached hydrogens (tertiary/aromatic N) is 1.